The van der Waals surface area contributed by atoms with Crippen LogP contribution in [-0.2, 0) is 10.9 Å². The zero-order valence-corrected chi connectivity index (χ0v) is 17.5. The molecule has 2 atom stereocenters. The first kappa shape index (κ1) is 20.7. The number of hydrogen-bond donors (Lipinski definition) is 0. The van der Waals surface area contributed by atoms with Gasteiger partial charge in [-0.25, -0.2) is 15.0 Å². The Balaban J connectivity index is 1.75. The molecule has 4 aromatic rings. The summed E-state index contributed by atoms with van der Waals surface area (Å²) in [6.45, 7) is 2.92. The normalized spacial score (nSPS) is 19.0. The Labute approximate surface area is 183 Å². The molecule has 0 N–H and O–H groups in total. The highest BCUT2D eigenvalue weighted by Crippen LogP contribution is 2.37. The van der Waals surface area contributed by atoms with Gasteiger partial charge in [-0.05, 0) is 18.2 Å². The van der Waals surface area contributed by atoms with Crippen molar-refractivity contribution in [3.8, 4) is 21.8 Å². The fraction of sp³-hybridized carbons (Fsp3) is 0.286. The smallest absolute Gasteiger partial charge is 0.379 e. The first-order valence-electron chi connectivity index (χ1n) is 9.76. The van der Waals surface area contributed by atoms with E-state index in [9.17, 15) is 18.0 Å². The molecule has 164 valence electrons. The third-order valence-electron chi connectivity index (χ3n) is 5.39. The monoisotopic (exact) mass is 459 g/mol. The van der Waals surface area contributed by atoms with Gasteiger partial charge < -0.3 is 4.74 Å². The van der Waals surface area contributed by atoms with E-state index in [0.29, 0.717) is 41.3 Å². The number of pyridine rings is 2. The fourth-order valence-corrected chi connectivity index (χ4v) is 4.48. The van der Waals surface area contributed by atoms with E-state index in [4.69, 9.17) is 4.74 Å². The van der Waals surface area contributed by atoms with Crippen LogP contribution in [0.4, 0.5) is 13.2 Å². The number of rotatable bonds is 3. The number of fused-ring (bicyclic) bond motifs is 1. The second kappa shape index (κ2) is 7.75. The lowest BCUT2D eigenvalue weighted by Gasteiger charge is -2.17. The minimum atomic E-state index is -4.56. The molecule has 0 saturated carbocycles. The van der Waals surface area contributed by atoms with Crippen molar-refractivity contribution in [3.63, 3.8) is 0 Å². The van der Waals surface area contributed by atoms with Crippen molar-refractivity contribution in [1.82, 2.24) is 24.5 Å². The Hall–Kier alpha value is -3.18. The van der Waals surface area contributed by atoms with Gasteiger partial charge in [-0.1, -0.05) is 6.92 Å². The number of ether oxygens (including phenoxy) is 1. The van der Waals surface area contributed by atoms with Crippen molar-refractivity contribution >= 4 is 22.2 Å². The van der Waals surface area contributed by atoms with Gasteiger partial charge in [0.2, 0.25) is 0 Å². The number of hydrogen-bond acceptors (Lipinski definition) is 7. The van der Waals surface area contributed by atoms with E-state index in [2.05, 4.69) is 19.9 Å². The molecule has 1 saturated heterocycles. The first-order chi connectivity index (χ1) is 15.3. The van der Waals surface area contributed by atoms with Gasteiger partial charge in [0.1, 0.15) is 5.52 Å². The van der Waals surface area contributed by atoms with E-state index in [-0.39, 0.29) is 33.5 Å². The molecular formula is C21H16F3N5O2S. The Bertz CT molecular complexity index is 1350. The summed E-state index contributed by atoms with van der Waals surface area (Å²) in [4.78, 5) is 30.3. The van der Waals surface area contributed by atoms with E-state index in [0.717, 1.165) is 6.20 Å². The van der Waals surface area contributed by atoms with Crippen LogP contribution < -0.4 is 5.56 Å². The number of nitrogens with zero attached hydrogens (tertiary/aromatic N) is 5. The predicted molar refractivity (Wildman–Crippen MR) is 112 cm³/mol. The largest absolute Gasteiger partial charge is 0.443 e. The molecule has 0 amide bonds. The van der Waals surface area contributed by atoms with Crippen LogP contribution in [0.25, 0.3) is 32.7 Å². The van der Waals surface area contributed by atoms with Crippen molar-refractivity contribution in [2.75, 3.05) is 13.2 Å². The van der Waals surface area contributed by atoms with Crippen LogP contribution in [0.1, 0.15) is 18.0 Å². The zero-order valence-electron chi connectivity index (χ0n) is 16.7. The van der Waals surface area contributed by atoms with Gasteiger partial charge in [-0.15, -0.1) is 11.3 Å². The molecule has 1 fully saturated rings. The van der Waals surface area contributed by atoms with Gasteiger partial charge in [0, 0.05) is 30.1 Å². The zero-order chi connectivity index (χ0) is 22.5. The number of alkyl halides is 3. The van der Waals surface area contributed by atoms with Gasteiger partial charge in [-0.3, -0.25) is 14.3 Å². The van der Waals surface area contributed by atoms with Crippen molar-refractivity contribution in [3.05, 3.63) is 58.5 Å². The van der Waals surface area contributed by atoms with Crippen molar-refractivity contribution < 1.29 is 17.9 Å². The number of aromatic nitrogens is 5. The molecule has 1 aliphatic rings. The van der Waals surface area contributed by atoms with Crippen molar-refractivity contribution in [2.45, 2.75) is 19.1 Å². The lowest BCUT2D eigenvalue weighted by atomic mass is 10.1. The van der Waals surface area contributed by atoms with Gasteiger partial charge >= 0.3 is 6.18 Å². The van der Waals surface area contributed by atoms with Crippen LogP contribution in [0.15, 0.2) is 47.9 Å². The second-order valence-electron chi connectivity index (χ2n) is 7.56. The summed E-state index contributed by atoms with van der Waals surface area (Å²) >= 11 is 0.478. The van der Waals surface area contributed by atoms with Crippen LogP contribution in [0.2, 0.25) is 0 Å². The molecule has 0 aliphatic carbocycles. The van der Waals surface area contributed by atoms with Crippen LogP contribution in [-0.4, -0.2) is 37.7 Å². The summed E-state index contributed by atoms with van der Waals surface area (Å²) in [7, 11) is 0. The third-order valence-corrected chi connectivity index (χ3v) is 6.45. The van der Waals surface area contributed by atoms with E-state index in [1.807, 2.05) is 6.92 Å². The average Bonchev–Trinajstić information content (AvgIpc) is 3.44. The summed E-state index contributed by atoms with van der Waals surface area (Å²) in [5.74, 6) is 0.127. The van der Waals surface area contributed by atoms with E-state index in [1.54, 1.807) is 24.5 Å². The summed E-state index contributed by atoms with van der Waals surface area (Å²) in [5.41, 5.74) is 1.24. The van der Waals surface area contributed by atoms with Gasteiger partial charge in [0.15, 0.2) is 5.01 Å². The first-order valence-corrected chi connectivity index (χ1v) is 10.6. The van der Waals surface area contributed by atoms with Crippen LogP contribution in [0.5, 0.6) is 0 Å². The molecule has 0 unspecified atom stereocenters. The average molecular weight is 459 g/mol. The molecule has 0 aromatic carbocycles. The fourth-order valence-electron chi connectivity index (χ4n) is 3.74. The van der Waals surface area contributed by atoms with Crippen LogP contribution in [0.3, 0.4) is 0 Å². The highest BCUT2D eigenvalue weighted by molar-refractivity contribution is 7.15. The topological polar surface area (TPSA) is 82.8 Å². The maximum absolute atomic E-state index is 13.4. The van der Waals surface area contributed by atoms with Crippen LogP contribution >= 0.6 is 11.3 Å². The molecule has 0 radical (unpaired) electrons. The molecule has 0 bridgehead atoms. The molecule has 4 aromatic heterocycles. The standard InChI is InChI=1S/C21H16F3N5O2S/c1-11-8-31-9-15(11)29-10-27-18-13(19(29)30)5-14(16-7-26-20(32-16)21(22,23)24)28-17(18)12-3-2-4-25-6-12/h2-7,10-11,15H,8-9H2,1H3/t11-,15-/m1/s1. The van der Waals surface area contributed by atoms with Gasteiger partial charge in [-0.2, -0.15) is 13.2 Å². The minimum absolute atomic E-state index is 0.127. The van der Waals surface area contributed by atoms with Crippen LogP contribution in [0, 0.1) is 5.92 Å². The summed E-state index contributed by atoms with van der Waals surface area (Å²) in [6, 6.07) is 4.78. The highest BCUT2D eigenvalue weighted by atomic mass is 32.1. The molecular weight excluding hydrogens is 443 g/mol. The summed E-state index contributed by atoms with van der Waals surface area (Å²) in [5, 5.41) is -0.713. The summed E-state index contributed by atoms with van der Waals surface area (Å²) < 4.78 is 46.3. The van der Waals surface area contributed by atoms with E-state index >= 15 is 0 Å². The Kier molecular flexibility index (Phi) is 5.01. The maximum Gasteiger partial charge on any atom is 0.443 e. The Morgan fingerprint density at radius 3 is 2.72 bits per heavy atom. The van der Waals surface area contributed by atoms with Gasteiger partial charge in [0.25, 0.3) is 5.56 Å². The van der Waals surface area contributed by atoms with Gasteiger partial charge in [0.05, 0.1) is 47.2 Å². The lowest BCUT2D eigenvalue weighted by molar-refractivity contribution is -0.137. The third kappa shape index (κ3) is 3.56. The number of thiazole rings is 1. The van der Waals surface area contributed by atoms with Crippen molar-refractivity contribution in [1.29, 1.82) is 0 Å². The molecule has 11 heteroatoms. The number of halogens is 3. The molecule has 5 rings (SSSR count). The maximum atomic E-state index is 13.4. The lowest BCUT2D eigenvalue weighted by Crippen LogP contribution is -2.28. The van der Waals surface area contributed by atoms with E-state index in [1.165, 1.54) is 17.0 Å². The Morgan fingerprint density at radius 2 is 2.06 bits per heavy atom. The molecule has 32 heavy (non-hydrogen) atoms. The molecule has 5 heterocycles. The minimum Gasteiger partial charge on any atom is -0.379 e. The van der Waals surface area contributed by atoms with Crippen molar-refractivity contribution in [2.24, 2.45) is 5.92 Å². The quantitative estimate of drug-likeness (QED) is 0.457. The van der Waals surface area contributed by atoms with E-state index < -0.39 is 11.2 Å². The molecule has 7 nitrogen and oxygen atoms in total. The highest BCUT2D eigenvalue weighted by Gasteiger charge is 2.35. The molecule has 1 aliphatic heterocycles. The molecule has 0 spiro atoms. The predicted octanol–water partition coefficient (Wildman–Crippen LogP) is 4.20. The second-order valence-corrected chi connectivity index (χ2v) is 8.59. The SMILES string of the molecule is C[C@@H]1COC[C@H]1n1cnc2c(-c3cccnc3)nc(-c3cnc(C(F)(F)F)s3)cc2c1=O. The summed E-state index contributed by atoms with van der Waals surface area (Å²) in [6.07, 6.45) is 1.21. The Morgan fingerprint density at radius 1 is 1.22 bits per heavy atom.